The zero-order valence-corrected chi connectivity index (χ0v) is 44.8. The molecule has 0 aliphatic heterocycles. The van der Waals surface area contributed by atoms with Gasteiger partial charge in [-0.15, -0.1) is 10.2 Å². The molecular weight excluding hydrogens is 1090 g/mol. The van der Waals surface area contributed by atoms with E-state index in [9.17, 15) is 19.5 Å². The van der Waals surface area contributed by atoms with Crippen LogP contribution in [0.5, 0.6) is 0 Å². The highest BCUT2D eigenvalue weighted by Crippen LogP contribution is 2.50. The van der Waals surface area contributed by atoms with Gasteiger partial charge in [0, 0.05) is 56.9 Å². The van der Waals surface area contributed by atoms with Gasteiger partial charge in [-0.3, -0.25) is 14.5 Å². The Bertz CT molecular complexity index is 3930. The van der Waals surface area contributed by atoms with E-state index in [4.69, 9.17) is 27.9 Å². The number of hydrogen-bond donors (Lipinski definition) is 3. The molecule has 21 heteroatoms. The zero-order valence-electron chi connectivity index (χ0n) is 41.7. The molecule has 0 saturated heterocycles. The lowest BCUT2D eigenvalue weighted by molar-refractivity contribution is -0.0319. The number of aromatic nitrogens is 9. The highest BCUT2D eigenvalue weighted by Gasteiger charge is 2.44. The zero-order chi connectivity index (χ0) is 54.9. The lowest BCUT2D eigenvalue weighted by atomic mass is 9.94. The van der Waals surface area contributed by atoms with Crippen LogP contribution < -0.4 is 0 Å². The molecule has 0 fully saturated rings. The Hall–Kier alpha value is -9.01. The average Bonchev–Trinajstić information content (AvgIpc) is 4.38. The predicted molar refractivity (Wildman–Crippen MR) is 301 cm³/mol. The van der Waals surface area contributed by atoms with Gasteiger partial charge in [0.15, 0.2) is 18.8 Å². The monoisotopic (exact) mass is 1130 g/mol. The summed E-state index contributed by atoms with van der Waals surface area (Å²) >= 11 is 16.7. The first-order valence-corrected chi connectivity index (χ1v) is 27.3. The number of halogens is 2. The third-order valence-electron chi connectivity index (χ3n) is 14.1. The first kappa shape index (κ1) is 51.7. The second kappa shape index (κ2) is 22.4. The van der Waals surface area contributed by atoms with Gasteiger partial charge in [0.1, 0.15) is 15.7 Å². The lowest BCUT2D eigenvalue weighted by Gasteiger charge is -2.36. The van der Waals surface area contributed by atoms with Crippen molar-refractivity contribution in [1.82, 2.24) is 55.8 Å². The highest BCUT2D eigenvalue weighted by molar-refractivity contribution is 7.99. The number of carboxylic acid groups (broad SMARTS) is 1. The first-order chi connectivity index (χ1) is 39.1. The molecule has 2 aliphatic carbocycles. The third kappa shape index (κ3) is 9.95. The quantitative estimate of drug-likeness (QED) is 0.0569. The van der Waals surface area contributed by atoms with Crippen LogP contribution in [0.4, 0.5) is 9.59 Å². The topological polar surface area (TPSA) is 226 Å². The summed E-state index contributed by atoms with van der Waals surface area (Å²) in [6.07, 6.45) is 2.23. The SMILES string of the molecule is O=Cc1cccnc1Sc1c(Cl)cc(-c2cn[nH]n2)cc1CN(CC1c2ccccc2-c2ccccc21)C(=O)OC(C1c2ccccc2-c2ccccc21)N(Cc1cc(-c2nn[nH]n2)cc(Cl)c1Sc1ncccc1C=O)C(=O)O. The number of tetrazole rings is 1. The van der Waals surface area contributed by atoms with Crippen molar-refractivity contribution in [2.75, 3.05) is 6.54 Å². The maximum atomic E-state index is 16.2. The van der Waals surface area contributed by atoms with Crippen LogP contribution in [0.1, 0.15) is 65.9 Å². The molecule has 4 heterocycles. The van der Waals surface area contributed by atoms with Crippen LogP contribution in [0.2, 0.25) is 10.0 Å². The molecule has 2 aliphatic rings. The fourth-order valence-corrected chi connectivity index (χ4v) is 13.2. The number of ether oxygens (including phenoxy) is 1. The number of rotatable bonds is 17. The van der Waals surface area contributed by atoms with Gasteiger partial charge in [-0.2, -0.15) is 20.6 Å². The summed E-state index contributed by atoms with van der Waals surface area (Å²) in [5, 5.41) is 38.6. The van der Waals surface area contributed by atoms with Crippen molar-refractivity contribution in [2.24, 2.45) is 0 Å². The van der Waals surface area contributed by atoms with Gasteiger partial charge in [-0.1, -0.05) is 144 Å². The van der Waals surface area contributed by atoms with E-state index in [1.165, 1.54) is 11.8 Å². The van der Waals surface area contributed by atoms with Crippen molar-refractivity contribution >= 4 is 71.5 Å². The summed E-state index contributed by atoms with van der Waals surface area (Å²) in [4.78, 5) is 68.0. The maximum absolute atomic E-state index is 16.2. The molecule has 80 heavy (non-hydrogen) atoms. The number of benzene rings is 6. The summed E-state index contributed by atoms with van der Waals surface area (Å²) in [6, 6.07) is 44.8. The molecule has 0 spiro atoms. The first-order valence-electron chi connectivity index (χ1n) is 24.9. The van der Waals surface area contributed by atoms with Crippen molar-refractivity contribution < 1.29 is 29.0 Å². The van der Waals surface area contributed by atoms with E-state index in [0.717, 1.165) is 67.5 Å². The second-order valence-corrected chi connectivity index (χ2v) is 21.5. The van der Waals surface area contributed by atoms with E-state index in [2.05, 4.69) is 58.1 Å². The van der Waals surface area contributed by atoms with Gasteiger partial charge < -0.3 is 14.7 Å². The molecule has 2 amide bonds. The van der Waals surface area contributed by atoms with Crippen molar-refractivity contribution in [3.05, 3.63) is 219 Å². The smallest absolute Gasteiger partial charge is 0.412 e. The van der Waals surface area contributed by atoms with Gasteiger partial charge in [0.05, 0.1) is 35.2 Å². The number of aromatic amines is 2. The molecule has 6 aromatic carbocycles. The summed E-state index contributed by atoms with van der Waals surface area (Å²) in [6.45, 7) is -0.496. The largest absolute Gasteiger partial charge is 0.465 e. The Labute approximate surface area is 474 Å². The number of H-pyrrole nitrogens is 2. The standard InChI is InChI=1S/C59H41Cl2N11O6S2/c60-48-25-35(50-27-64-68-65-50)23-37(52(48)79-55-33(31-73)11-9-21-62-55)28-71(30-47-43-17-3-1-13-39(43)40-14-2-4-18-44(40)47)59(77)78-57(51-45-19-7-5-15-41(45)42-16-6-8-20-46(42)51)72(58(75)76)29-38-24-36(54-66-69-70-67-54)26-49(61)53(38)80-56-34(32-74)12-10-22-63-56/h1-27,31-32,47,51,57H,28-30H2,(H,75,76)(H,64,65,68)(H,66,67,69,70). The fraction of sp³-hybridized carbons (Fsp3) is 0.102. The maximum Gasteiger partial charge on any atom is 0.412 e. The minimum absolute atomic E-state index is 0.0515. The van der Waals surface area contributed by atoms with Crippen LogP contribution in [0.25, 0.3) is 44.9 Å². The predicted octanol–water partition coefficient (Wildman–Crippen LogP) is 12.7. The van der Waals surface area contributed by atoms with Gasteiger partial charge in [0.25, 0.3) is 0 Å². The minimum Gasteiger partial charge on any atom is -0.465 e. The average molecular weight is 1140 g/mol. The van der Waals surface area contributed by atoms with Crippen molar-refractivity contribution in [2.45, 2.75) is 51.0 Å². The molecule has 1 unspecified atom stereocenters. The van der Waals surface area contributed by atoms with Crippen molar-refractivity contribution in [3.63, 3.8) is 0 Å². The molecule has 12 rings (SSSR count). The van der Waals surface area contributed by atoms with Gasteiger partial charge >= 0.3 is 12.2 Å². The molecule has 0 saturated carbocycles. The number of carbonyl (C=O) groups excluding carboxylic acids is 3. The minimum atomic E-state index is -1.57. The number of fused-ring (bicyclic) bond motifs is 6. The molecule has 17 nitrogen and oxygen atoms in total. The molecule has 1 atom stereocenters. The molecule has 394 valence electrons. The number of hydrogen-bond acceptors (Lipinski definition) is 14. The second-order valence-electron chi connectivity index (χ2n) is 18.7. The van der Waals surface area contributed by atoms with Crippen molar-refractivity contribution in [3.8, 4) is 44.9 Å². The van der Waals surface area contributed by atoms with Crippen LogP contribution >= 0.6 is 46.7 Å². The molecule has 0 radical (unpaired) electrons. The number of aldehydes is 2. The van der Waals surface area contributed by atoms with Crippen LogP contribution in [-0.2, 0) is 17.8 Å². The van der Waals surface area contributed by atoms with Gasteiger partial charge in [0.2, 0.25) is 5.82 Å². The van der Waals surface area contributed by atoms with Crippen LogP contribution in [0.15, 0.2) is 184 Å². The normalized spacial score (nSPS) is 12.7. The van der Waals surface area contributed by atoms with Crippen LogP contribution in [-0.4, -0.2) is 98.4 Å². The Morgan fingerprint density at radius 1 is 0.650 bits per heavy atom. The molecule has 3 N–H and O–H groups in total. The molecule has 0 bridgehead atoms. The summed E-state index contributed by atoms with van der Waals surface area (Å²) < 4.78 is 6.99. The summed E-state index contributed by atoms with van der Waals surface area (Å²) in [7, 11) is 0. The van der Waals surface area contributed by atoms with Crippen molar-refractivity contribution in [1.29, 1.82) is 0 Å². The van der Waals surface area contributed by atoms with Crippen LogP contribution in [0.3, 0.4) is 0 Å². The van der Waals surface area contributed by atoms with E-state index in [1.807, 2.05) is 91.0 Å². The van der Waals surface area contributed by atoms with Gasteiger partial charge in [-0.25, -0.2) is 19.6 Å². The number of nitrogens with one attached hydrogen (secondary N) is 2. The Kier molecular flexibility index (Phi) is 14.5. The number of amides is 2. The van der Waals surface area contributed by atoms with E-state index < -0.39 is 30.9 Å². The Balaban J connectivity index is 1.02. The van der Waals surface area contributed by atoms with E-state index in [1.54, 1.807) is 66.0 Å². The summed E-state index contributed by atoms with van der Waals surface area (Å²) in [5.74, 6) is -1.07. The van der Waals surface area contributed by atoms with Crippen LogP contribution in [0, 0.1) is 0 Å². The van der Waals surface area contributed by atoms with Gasteiger partial charge in [-0.05, 0) is 109 Å². The fourth-order valence-electron chi connectivity index (χ4n) is 10.5. The highest BCUT2D eigenvalue weighted by atomic mass is 35.5. The summed E-state index contributed by atoms with van der Waals surface area (Å²) in [5.41, 5.74) is 10.1. The third-order valence-corrected chi connectivity index (χ3v) is 17.3. The van der Waals surface area contributed by atoms with E-state index in [-0.39, 0.29) is 40.4 Å². The number of pyridine rings is 2. The lowest BCUT2D eigenvalue weighted by Crippen LogP contribution is -2.48. The number of nitrogens with zero attached hydrogens (tertiary/aromatic N) is 9. The molecule has 4 aromatic heterocycles. The molecule has 10 aromatic rings. The number of carbonyl (C=O) groups is 4. The Morgan fingerprint density at radius 3 is 1.70 bits per heavy atom. The Morgan fingerprint density at radius 2 is 1.18 bits per heavy atom. The van der Waals surface area contributed by atoms with E-state index >= 15 is 4.79 Å². The van der Waals surface area contributed by atoms with E-state index in [0.29, 0.717) is 59.6 Å². The molecular formula is C59H41Cl2N11O6S2.